The number of likely N-dealkylation sites (N-methyl/N-ethyl adjacent to an activating group) is 1. The molecular formula is C35H39ClN4O7. The van der Waals surface area contributed by atoms with Crippen LogP contribution in [0.3, 0.4) is 0 Å². The molecule has 12 heteroatoms. The molecule has 0 saturated carbocycles. The molecule has 1 unspecified atom stereocenters. The van der Waals surface area contributed by atoms with Gasteiger partial charge in [0.25, 0.3) is 5.69 Å². The molecule has 248 valence electrons. The first-order valence-corrected chi connectivity index (χ1v) is 14.9. The van der Waals surface area contributed by atoms with Crippen LogP contribution in [0, 0.1) is 10.1 Å². The molecule has 1 aliphatic rings. The first-order chi connectivity index (χ1) is 22.1. The molecule has 0 aliphatic carbocycles. The number of benzene rings is 2. The first-order valence-electron chi connectivity index (χ1n) is 14.9. The number of dihydropyridines is 1. The lowest BCUT2D eigenvalue weighted by Gasteiger charge is -2.30. The van der Waals surface area contributed by atoms with Crippen LogP contribution in [-0.4, -0.2) is 60.1 Å². The summed E-state index contributed by atoms with van der Waals surface area (Å²) in [6, 6.07) is 17.3. The molecule has 47 heavy (non-hydrogen) atoms. The number of ether oxygens (including phenoxy) is 3. The van der Waals surface area contributed by atoms with Gasteiger partial charge in [0.05, 0.1) is 34.8 Å². The van der Waals surface area contributed by atoms with Gasteiger partial charge in [-0.25, -0.2) is 9.59 Å². The molecule has 1 atom stereocenters. The van der Waals surface area contributed by atoms with Crippen LogP contribution in [-0.2, 0) is 19.1 Å². The Bertz CT molecular complexity index is 1670. The monoisotopic (exact) mass is 662 g/mol. The standard InChI is InChI=1S/C35H38N4O7.ClH/c1-6-44-34(40)31-24(3)37-25(4)32(33(31)27-9-7-10-28(20-27)39(42)43)35(41)45-18-17-38(5)22-23(2)19-26-12-14-29(15-13-26)46-30-11-8-16-36-21-30;/h7-16,19-21,33,37H,6,17-18,22H2,1-5H3;1H/b23-19+;. The molecule has 0 amide bonds. The zero-order valence-corrected chi connectivity index (χ0v) is 27.8. The Morgan fingerprint density at radius 1 is 1.00 bits per heavy atom. The molecule has 11 nitrogen and oxygen atoms in total. The zero-order valence-electron chi connectivity index (χ0n) is 27.0. The molecule has 2 heterocycles. The summed E-state index contributed by atoms with van der Waals surface area (Å²) in [4.78, 5) is 43.7. The van der Waals surface area contributed by atoms with Gasteiger partial charge in [-0.05, 0) is 70.1 Å². The second-order valence-corrected chi connectivity index (χ2v) is 10.9. The quantitative estimate of drug-likeness (QED) is 0.122. The second-order valence-electron chi connectivity index (χ2n) is 10.9. The van der Waals surface area contributed by atoms with Crippen molar-refractivity contribution in [2.45, 2.75) is 33.6 Å². The van der Waals surface area contributed by atoms with Gasteiger partial charge in [0.2, 0.25) is 0 Å². The van der Waals surface area contributed by atoms with Crippen molar-refractivity contribution in [1.29, 1.82) is 0 Å². The highest BCUT2D eigenvalue weighted by Crippen LogP contribution is 2.40. The minimum atomic E-state index is -0.906. The minimum Gasteiger partial charge on any atom is -0.463 e. The summed E-state index contributed by atoms with van der Waals surface area (Å²) >= 11 is 0. The number of nitro groups is 1. The third kappa shape index (κ3) is 9.74. The van der Waals surface area contributed by atoms with Crippen molar-refractivity contribution in [2.75, 3.05) is 33.4 Å². The summed E-state index contributed by atoms with van der Waals surface area (Å²) in [7, 11) is 1.93. The van der Waals surface area contributed by atoms with Crippen molar-refractivity contribution in [3.8, 4) is 11.5 Å². The summed E-state index contributed by atoms with van der Waals surface area (Å²) in [6.07, 6.45) is 5.42. The Morgan fingerprint density at radius 2 is 1.68 bits per heavy atom. The number of aromatic nitrogens is 1. The third-order valence-corrected chi connectivity index (χ3v) is 7.28. The normalized spacial score (nSPS) is 14.7. The number of allylic oxidation sites excluding steroid dienone is 2. The van der Waals surface area contributed by atoms with Gasteiger partial charge in [0.15, 0.2) is 0 Å². The van der Waals surface area contributed by atoms with E-state index in [4.69, 9.17) is 14.2 Å². The summed E-state index contributed by atoms with van der Waals surface area (Å²) in [6.45, 7) is 8.45. The van der Waals surface area contributed by atoms with Gasteiger partial charge < -0.3 is 19.5 Å². The molecule has 0 fully saturated rings. The van der Waals surface area contributed by atoms with Crippen molar-refractivity contribution < 1.29 is 28.7 Å². The summed E-state index contributed by atoms with van der Waals surface area (Å²) < 4.78 is 16.8. The van der Waals surface area contributed by atoms with Crippen LogP contribution in [0.5, 0.6) is 11.5 Å². The smallest absolute Gasteiger partial charge is 0.336 e. The number of hydrogen-bond acceptors (Lipinski definition) is 10. The van der Waals surface area contributed by atoms with Crippen molar-refractivity contribution in [2.24, 2.45) is 0 Å². The van der Waals surface area contributed by atoms with E-state index < -0.39 is 22.8 Å². The summed E-state index contributed by atoms with van der Waals surface area (Å²) in [5.74, 6) is -0.754. The summed E-state index contributed by atoms with van der Waals surface area (Å²) in [5.41, 5.74) is 3.79. The maximum absolute atomic E-state index is 13.6. The first kappa shape index (κ1) is 36.5. The highest BCUT2D eigenvalue weighted by molar-refractivity contribution is 6.00. The lowest BCUT2D eigenvalue weighted by Crippen LogP contribution is -2.33. The van der Waals surface area contributed by atoms with Gasteiger partial charge in [0.1, 0.15) is 18.1 Å². The number of pyridine rings is 1. The minimum absolute atomic E-state index is 0. The molecule has 2 aromatic carbocycles. The van der Waals surface area contributed by atoms with Gasteiger partial charge in [-0.1, -0.05) is 35.9 Å². The van der Waals surface area contributed by atoms with Crippen LogP contribution >= 0.6 is 12.4 Å². The average molecular weight is 663 g/mol. The number of nitrogens with one attached hydrogen (secondary N) is 1. The Hall–Kier alpha value is -5.00. The Morgan fingerprint density at radius 3 is 2.30 bits per heavy atom. The molecule has 1 aromatic heterocycles. The van der Waals surface area contributed by atoms with Crippen LogP contribution < -0.4 is 10.1 Å². The molecule has 4 rings (SSSR count). The van der Waals surface area contributed by atoms with E-state index in [-0.39, 0.29) is 42.5 Å². The number of non-ortho nitro benzene ring substituents is 1. The van der Waals surface area contributed by atoms with E-state index in [0.29, 0.717) is 41.5 Å². The van der Waals surface area contributed by atoms with Gasteiger partial charge in [-0.15, -0.1) is 12.4 Å². The van der Waals surface area contributed by atoms with E-state index in [1.807, 2.05) is 55.3 Å². The van der Waals surface area contributed by atoms with Gasteiger partial charge >= 0.3 is 11.9 Å². The van der Waals surface area contributed by atoms with E-state index in [1.165, 1.54) is 18.2 Å². The maximum atomic E-state index is 13.6. The molecular weight excluding hydrogens is 624 g/mol. The van der Waals surface area contributed by atoms with Gasteiger partial charge in [0, 0.05) is 42.8 Å². The van der Waals surface area contributed by atoms with Crippen LogP contribution in [0.2, 0.25) is 0 Å². The van der Waals surface area contributed by atoms with Crippen LogP contribution in [0.25, 0.3) is 6.08 Å². The molecule has 0 bridgehead atoms. The van der Waals surface area contributed by atoms with E-state index in [9.17, 15) is 19.7 Å². The second kappa shape index (κ2) is 17.1. The lowest BCUT2D eigenvalue weighted by atomic mass is 9.80. The predicted molar refractivity (Wildman–Crippen MR) is 181 cm³/mol. The molecule has 0 saturated heterocycles. The number of rotatable bonds is 13. The zero-order chi connectivity index (χ0) is 33.2. The molecule has 3 aromatic rings. The fourth-order valence-electron chi connectivity index (χ4n) is 5.28. The number of carbonyl (C=O) groups is 2. The van der Waals surface area contributed by atoms with Gasteiger partial charge in [-0.2, -0.15) is 0 Å². The molecule has 1 N–H and O–H groups in total. The van der Waals surface area contributed by atoms with Crippen LogP contribution in [0.15, 0.2) is 101 Å². The SMILES string of the molecule is CCOC(=O)C1=C(C)NC(C)=C(C(=O)OCCN(C)C/C(C)=C/c2ccc(Oc3cccnc3)cc2)C1c1cccc([N+](=O)[O-])c1.Cl. The molecule has 0 radical (unpaired) electrons. The Labute approximate surface area is 280 Å². The lowest BCUT2D eigenvalue weighted by molar-refractivity contribution is -0.384. The van der Waals surface area contributed by atoms with E-state index >= 15 is 0 Å². The van der Waals surface area contributed by atoms with E-state index in [0.717, 1.165) is 11.1 Å². The number of esters is 2. The van der Waals surface area contributed by atoms with Gasteiger partial charge in [-0.3, -0.25) is 20.0 Å². The highest BCUT2D eigenvalue weighted by atomic mass is 35.5. The van der Waals surface area contributed by atoms with Crippen molar-refractivity contribution >= 4 is 36.1 Å². The fraction of sp³-hybridized carbons (Fsp3) is 0.286. The van der Waals surface area contributed by atoms with Crippen molar-refractivity contribution in [3.63, 3.8) is 0 Å². The number of carbonyl (C=O) groups excluding carboxylic acids is 2. The van der Waals surface area contributed by atoms with Crippen molar-refractivity contribution in [3.05, 3.63) is 122 Å². The Kier molecular flexibility index (Phi) is 13.2. The fourth-order valence-corrected chi connectivity index (χ4v) is 5.28. The van der Waals surface area contributed by atoms with Crippen LogP contribution in [0.1, 0.15) is 44.7 Å². The van der Waals surface area contributed by atoms with E-state index in [2.05, 4.69) is 16.4 Å². The number of nitro benzene ring substituents is 1. The Balaban J connectivity index is 0.00000600. The average Bonchev–Trinajstić information content (AvgIpc) is 3.02. The maximum Gasteiger partial charge on any atom is 0.336 e. The van der Waals surface area contributed by atoms with E-state index in [1.54, 1.807) is 39.2 Å². The molecule has 0 spiro atoms. The number of halogens is 1. The number of nitrogens with zero attached hydrogens (tertiary/aromatic N) is 3. The van der Waals surface area contributed by atoms with Crippen molar-refractivity contribution in [1.82, 2.24) is 15.2 Å². The third-order valence-electron chi connectivity index (χ3n) is 7.28. The molecule has 1 aliphatic heterocycles. The highest BCUT2D eigenvalue weighted by Gasteiger charge is 2.38. The topological polar surface area (TPSA) is 133 Å². The van der Waals surface area contributed by atoms with Crippen LogP contribution in [0.4, 0.5) is 5.69 Å². The number of hydrogen-bond donors (Lipinski definition) is 1. The largest absolute Gasteiger partial charge is 0.463 e. The predicted octanol–water partition coefficient (Wildman–Crippen LogP) is 6.58. The summed E-state index contributed by atoms with van der Waals surface area (Å²) in [5, 5.41) is 14.6.